The van der Waals surface area contributed by atoms with Crippen LogP contribution in [0.3, 0.4) is 0 Å². The lowest BCUT2D eigenvalue weighted by atomic mass is 9.93. The van der Waals surface area contributed by atoms with Crippen molar-refractivity contribution in [1.82, 2.24) is 10.2 Å². The molecule has 1 saturated heterocycles. The lowest BCUT2D eigenvalue weighted by Gasteiger charge is -2.36. The van der Waals surface area contributed by atoms with Crippen LogP contribution in [0, 0.1) is 5.92 Å². The molecule has 7 heteroatoms. The predicted molar refractivity (Wildman–Crippen MR) is 140 cm³/mol. The van der Waals surface area contributed by atoms with E-state index in [1.165, 1.54) is 5.56 Å². The first-order valence-corrected chi connectivity index (χ1v) is 12.8. The third-order valence-electron chi connectivity index (χ3n) is 7.23. The molecule has 3 N–H and O–H groups in total. The normalized spacial score (nSPS) is 21.2. The molecule has 2 aromatic rings. The van der Waals surface area contributed by atoms with Gasteiger partial charge in [0.05, 0.1) is 24.8 Å². The standard InChI is InChI=1S/C29H37N3O4/c1-20(7-5-11-27(34)32-18-23-9-4-3-8-22(23)17-25(32)19-33)28(36-2)21-12-14-24(15-13-21)31-29(35)26-10-6-16-30-26/h3-5,7-9,12-15,20,25-26,28,30,33H,6,10-11,16-19H2,1-2H3,(H,31,35)/b7-5+/t20-,25+,26-,28+/m1/s1. The highest BCUT2D eigenvalue weighted by molar-refractivity contribution is 5.95. The van der Waals surface area contributed by atoms with Crippen molar-refractivity contribution in [2.24, 2.45) is 5.92 Å². The average Bonchev–Trinajstić information content (AvgIpc) is 3.44. The molecule has 192 valence electrons. The molecule has 2 aliphatic heterocycles. The minimum absolute atomic E-state index is 0.00476. The van der Waals surface area contributed by atoms with Crippen molar-refractivity contribution in [2.45, 2.75) is 57.3 Å². The Labute approximate surface area is 213 Å². The maximum absolute atomic E-state index is 13.0. The first kappa shape index (κ1) is 26.1. The SMILES string of the molecule is CO[C@H](c1ccc(NC(=O)[C@H]2CCCN2)cc1)[C@H](C)/C=C/CC(=O)N1Cc2ccccc2C[C@H]1CO. The highest BCUT2D eigenvalue weighted by Crippen LogP contribution is 2.28. The van der Waals surface area contributed by atoms with Crippen molar-refractivity contribution in [3.63, 3.8) is 0 Å². The maximum atomic E-state index is 13.0. The number of aliphatic hydroxyl groups excluding tert-OH is 1. The Morgan fingerprint density at radius 3 is 2.61 bits per heavy atom. The Bertz CT molecular complexity index is 1060. The molecular formula is C29H37N3O4. The van der Waals surface area contributed by atoms with Crippen LogP contribution in [-0.4, -0.2) is 54.2 Å². The Morgan fingerprint density at radius 2 is 1.94 bits per heavy atom. The van der Waals surface area contributed by atoms with Gasteiger partial charge in [0, 0.05) is 31.7 Å². The zero-order chi connectivity index (χ0) is 25.5. The van der Waals surface area contributed by atoms with Crippen LogP contribution in [0.1, 0.15) is 49.0 Å². The topological polar surface area (TPSA) is 90.9 Å². The van der Waals surface area contributed by atoms with Crippen LogP contribution in [0.4, 0.5) is 5.69 Å². The fourth-order valence-corrected chi connectivity index (χ4v) is 5.19. The number of anilines is 1. The quantitative estimate of drug-likeness (QED) is 0.467. The Hall–Kier alpha value is -3.00. The van der Waals surface area contributed by atoms with Crippen LogP contribution in [0.2, 0.25) is 0 Å². The summed E-state index contributed by atoms with van der Waals surface area (Å²) >= 11 is 0. The molecule has 0 saturated carbocycles. The summed E-state index contributed by atoms with van der Waals surface area (Å²) in [6.07, 6.45) is 6.59. The molecule has 0 radical (unpaired) electrons. The molecule has 1 fully saturated rings. The van der Waals surface area contributed by atoms with Gasteiger partial charge in [-0.15, -0.1) is 0 Å². The number of amides is 2. The Morgan fingerprint density at radius 1 is 1.19 bits per heavy atom. The van der Waals surface area contributed by atoms with E-state index in [-0.39, 0.29) is 48.9 Å². The zero-order valence-corrected chi connectivity index (χ0v) is 21.2. The number of hydrogen-bond acceptors (Lipinski definition) is 5. The van der Waals surface area contributed by atoms with Crippen LogP contribution >= 0.6 is 0 Å². The number of nitrogens with one attached hydrogen (secondary N) is 2. The highest BCUT2D eigenvalue weighted by Gasteiger charge is 2.28. The third kappa shape index (κ3) is 6.22. The number of carbonyl (C=O) groups is 2. The summed E-state index contributed by atoms with van der Waals surface area (Å²) < 4.78 is 5.77. The Balaban J connectivity index is 1.33. The number of hydrogen-bond donors (Lipinski definition) is 3. The van der Waals surface area contributed by atoms with Gasteiger partial charge < -0.3 is 25.4 Å². The molecule has 0 spiro atoms. The smallest absolute Gasteiger partial charge is 0.241 e. The van der Waals surface area contributed by atoms with Crippen molar-refractivity contribution in [3.8, 4) is 0 Å². The lowest BCUT2D eigenvalue weighted by molar-refractivity contribution is -0.134. The molecule has 4 rings (SSSR count). The molecule has 2 amide bonds. The predicted octanol–water partition coefficient (Wildman–Crippen LogP) is 3.59. The summed E-state index contributed by atoms with van der Waals surface area (Å²) in [5, 5.41) is 16.0. The van der Waals surface area contributed by atoms with Gasteiger partial charge in [0.15, 0.2) is 0 Å². The van der Waals surface area contributed by atoms with Gasteiger partial charge >= 0.3 is 0 Å². The van der Waals surface area contributed by atoms with Gasteiger partial charge in [0.25, 0.3) is 0 Å². The minimum Gasteiger partial charge on any atom is -0.394 e. The van der Waals surface area contributed by atoms with Crippen LogP contribution in [0.5, 0.6) is 0 Å². The maximum Gasteiger partial charge on any atom is 0.241 e. The van der Waals surface area contributed by atoms with Crippen molar-refractivity contribution in [1.29, 1.82) is 0 Å². The molecule has 2 aromatic carbocycles. The largest absolute Gasteiger partial charge is 0.394 e. The molecule has 36 heavy (non-hydrogen) atoms. The third-order valence-corrected chi connectivity index (χ3v) is 7.23. The molecule has 0 unspecified atom stereocenters. The van der Waals surface area contributed by atoms with Gasteiger partial charge in [0.1, 0.15) is 0 Å². The number of methoxy groups -OCH3 is 1. The molecule has 4 atom stereocenters. The van der Waals surface area contributed by atoms with E-state index in [1.807, 2.05) is 54.6 Å². The molecule has 2 aliphatic rings. The number of ether oxygens (including phenoxy) is 1. The van der Waals surface area contributed by atoms with E-state index < -0.39 is 0 Å². The average molecular weight is 492 g/mol. The van der Waals surface area contributed by atoms with Crippen molar-refractivity contribution >= 4 is 17.5 Å². The van der Waals surface area contributed by atoms with Crippen molar-refractivity contribution in [3.05, 3.63) is 77.4 Å². The number of nitrogens with zero attached hydrogens (tertiary/aromatic N) is 1. The first-order valence-electron chi connectivity index (χ1n) is 12.8. The van der Waals surface area contributed by atoms with Gasteiger partial charge in [-0.1, -0.05) is 55.5 Å². The van der Waals surface area contributed by atoms with Gasteiger partial charge in [0.2, 0.25) is 11.8 Å². The van der Waals surface area contributed by atoms with Gasteiger partial charge in [-0.25, -0.2) is 0 Å². The van der Waals surface area contributed by atoms with Crippen LogP contribution < -0.4 is 10.6 Å². The molecule has 0 aromatic heterocycles. The zero-order valence-electron chi connectivity index (χ0n) is 21.2. The summed E-state index contributed by atoms with van der Waals surface area (Å²) in [5.74, 6) is 0.0598. The van der Waals surface area contributed by atoms with Crippen LogP contribution in [-0.2, 0) is 27.3 Å². The summed E-state index contributed by atoms with van der Waals surface area (Å²) in [7, 11) is 1.68. The summed E-state index contributed by atoms with van der Waals surface area (Å²) in [4.78, 5) is 27.1. The van der Waals surface area contributed by atoms with E-state index in [2.05, 4.69) is 23.6 Å². The van der Waals surface area contributed by atoms with Crippen LogP contribution in [0.25, 0.3) is 0 Å². The fourth-order valence-electron chi connectivity index (χ4n) is 5.19. The van der Waals surface area contributed by atoms with E-state index >= 15 is 0 Å². The van der Waals surface area contributed by atoms with E-state index in [9.17, 15) is 14.7 Å². The molecule has 0 bridgehead atoms. The monoisotopic (exact) mass is 491 g/mol. The summed E-state index contributed by atoms with van der Waals surface area (Å²) in [6.45, 7) is 3.44. The lowest BCUT2D eigenvalue weighted by Crippen LogP contribution is -2.46. The number of benzene rings is 2. The number of fused-ring (bicyclic) bond motifs is 1. The van der Waals surface area contributed by atoms with E-state index in [0.717, 1.165) is 36.2 Å². The summed E-state index contributed by atoms with van der Waals surface area (Å²) in [6, 6.07) is 15.5. The van der Waals surface area contributed by atoms with E-state index in [4.69, 9.17) is 4.74 Å². The fraction of sp³-hybridized carbons (Fsp3) is 0.448. The van der Waals surface area contributed by atoms with E-state index in [0.29, 0.717) is 13.0 Å². The second-order valence-electron chi connectivity index (χ2n) is 9.74. The van der Waals surface area contributed by atoms with E-state index in [1.54, 1.807) is 12.0 Å². The molecule has 2 heterocycles. The Kier molecular flexibility index (Phi) is 8.91. The van der Waals surface area contributed by atoms with Gasteiger partial charge in [-0.2, -0.15) is 0 Å². The second-order valence-corrected chi connectivity index (χ2v) is 9.74. The highest BCUT2D eigenvalue weighted by atomic mass is 16.5. The van der Waals surface area contributed by atoms with Crippen LogP contribution in [0.15, 0.2) is 60.7 Å². The van der Waals surface area contributed by atoms with Gasteiger partial charge in [-0.05, 0) is 54.6 Å². The minimum atomic E-state index is -0.187. The summed E-state index contributed by atoms with van der Waals surface area (Å²) in [5.41, 5.74) is 4.12. The number of aliphatic hydroxyl groups is 1. The van der Waals surface area contributed by atoms with Crippen molar-refractivity contribution in [2.75, 3.05) is 25.6 Å². The second kappa shape index (κ2) is 12.3. The number of rotatable bonds is 9. The van der Waals surface area contributed by atoms with Gasteiger partial charge in [-0.3, -0.25) is 9.59 Å². The van der Waals surface area contributed by atoms with Crippen molar-refractivity contribution < 1.29 is 19.4 Å². The molecular weight excluding hydrogens is 454 g/mol. The number of carbonyl (C=O) groups excluding carboxylic acids is 2. The molecule has 7 nitrogen and oxygen atoms in total. The molecule has 0 aliphatic carbocycles. The first-order chi connectivity index (χ1) is 17.5.